The van der Waals surface area contributed by atoms with Crippen LogP contribution in [0.4, 0.5) is 0 Å². The van der Waals surface area contributed by atoms with Crippen molar-refractivity contribution >= 4 is 23.7 Å². The molecule has 0 saturated carbocycles. The lowest BCUT2D eigenvalue weighted by atomic mass is 10.1. The number of rotatable bonds is 4. The van der Waals surface area contributed by atoms with E-state index in [0.717, 1.165) is 12.8 Å². The molecule has 23 heavy (non-hydrogen) atoms. The molecule has 2 aromatic carbocycles. The number of carbonyl (C=O) groups is 1. The average molecular weight is 323 g/mol. The zero-order valence-electron chi connectivity index (χ0n) is 12.7. The fourth-order valence-electron chi connectivity index (χ4n) is 2.89. The second-order valence-corrected chi connectivity index (χ2v) is 8.16. The van der Waals surface area contributed by atoms with Gasteiger partial charge < -0.3 is 10.3 Å². The highest BCUT2D eigenvalue weighted by Gasteiger charge is 2.35. The Morgan fingerprint density at radius 3 is 1.78 bits per heavy atom. The molecule has 0 unspecified atom stereocenters. The van der Waals surface area contributed by atoms with Gasteiger partial charge in [-0.05, 0) is 12.8 Å². The molecular formula is C19H18NO2P. The van der Waals surface area contributed by atoms with Gasteiger partial charge in [-0.2, -0.15) is 0 Å². The molecule has 0 aromatic heterocycles. The van der Waals surface area contributed by atoms with E-state index in [9.17, 15) is 9.36 Å². The number of primary amides is 1. The maximum Gasteiger partial charge on any atom is 0.249 e. The van der Waals surface area contributed by atoms with Crippen LogP contribution in [0.1, 0.15) is 12.8 Å². The normalized spacial score (nSPS) is 14.8. The molecule has 0 saturated heterocycles. The molecule has 0 bridgehead atoms. The van der Waals surface area contributed by atoms with Crippen molar-refractivity contribution in [1.82, 2.24) is 0 Å². The van der Waals surface area contributed by atoms with E-state index in [1.807, 2.05) is 66.7 Å². The van der Waals surface area contributed by atoms with E-state index < -0.39 is 13.0 Å². The summed E-state index contributed by atoms with van der Waals surface area (Å²) in [7, 11) is -3.12. The molecule has 2 aromatic rings. The number of allylic oxidation sites excluding steroid dienone is 2. The first-order valence-electron chi connectivity index (χ1n) is 7.56. The maximum atomic E-state index is 14.2. The Morgan fingerprint density at radius 2 is 1.30 bits per heavy atom. The highest BCUT2D eigenvalue weighted by atomic mass is 31.2. The van der Waals surface area contributed by atoms with Gasteiger partial charge in [-0.15, -0.1) is 0 Å². The van der Waals surface area contributed by atoms with Gasteiger partial charge in [0.1, 0.15) is 0 Å². The van der Waals surface area contributed by atoms with Gasteiger partial charge in [-0.1, -0.05) is 72.8 Å². The summed E-state index contributed by atoms with van der Waals surface area (Å²) in [5, 5.41) is 1.99. The lowest BCUT2D eigenvalue weighted by Gasteiger charge is -2.25. The van der Waals surface area contributed by atoms with Gasteiger partial charge in [0, 0.05) is 21.5 Å². The van der Waals surface area contributed by atoms with Crippen LogP contribution in [0.3, 0.4) is 0 Å². The molecule has 1 amide bonds. The Bertz CT molecular complexity index is 779. The Hall–Kier alpha value is -2.38. The van der Waals surface area contributed by atoms with Gasteiger partial charge in [-0.3, -0.25) is 4.79 Å². The lowest BCUT2D eigenvalue weighted by molar-refractivity contribution is -0.114. The predicted octanol–water partition coefficient (Wildman–Crippen LogP) is 3.09. The number of hydrogen-bond donors (Lipinski definition) is 1. The van der Waals surface area contributed by atoms with E-state index in [2.05, 4.69) is 0 Å². The first-order chi connectivity index (χ1) is 11.1. The molecule has 0 aliphatic heterocycles. The van der Waals surface area contributed by atoms with Crippen LogP contribution in [-0.2, 0) is 9.36 Å². The number of hydrogen-bond acceptors (Lipinski definition) is 2. The molecule has 1 aliphatic rings. The van der Waals surface area contributed by atoms with Gasteiger partial charge in [0.2, 0.25) is 5.91 Å². The van der Waals surface area contributed by atoms with Crippen molar-refractivity contribution in [1.29, 1.82) is 0 Å². The molecule has 2 N–H and O–H groups in total. The predicted molar refractivity (Wildman–Crippen MR) is 94.4 cm³/mol. The Kier molecular flexibility index (Phi) is 4.31. The molecular weight excluding hydrogens is 305 g/mol. The van der Waals surface area contributed by atoms with E-state index in [1.165, 1.54) is 0 Å². The Labute approximate surface area is 135 Å². The zero-order chi connectivity index (χ0) is 16.3. The molecule has 0 radical (unpaired) electrons. The molecule has 3 nitrogen and oxygen atoms in total. The number of amides is 1. The molecule has 0 heterocycles. The van der Waals surface area contributed by atoms with Gasteiger partial charge in [0.05, 0.1) is 0 Å². The van der Waals surface area contributed by atoms with Crippen molar-refractivity contribution in [2.75, 3.05) is 0 Å². The van der Waals surface area contributed by atoms with Gasteiger partial charge in [0.15, 0.2) is 7.14 Å². The van der Waals surface area contributed by atoms with Crippen LogP contribution in [0.15, 0.2) is 83.7 Å². The molecule has 0 fully saturated rings. The first kappa shape index (κ1) is 15.5. The highest BCUT2D eigenvalue weighted by Crippen LogP contribution is 2.55. The summed E-state index contributed by atoms with van der Waals surface area (Å²) in [5.41, 5.74) is 5.92. The van der Waals surface area contributed by atoms with Crippen LogP contribution in [0.25, 0.3) is 0 Å². The summed E-state index contributed by atoms with van der Waals surface area (Å²) in [6, 6.07) is 18.6. The van der Waals surface area contributed by atoms with E-state index in [4.69, 9.17) is 5.73 Å². The third-order valence-electron chi connectivity index (χ3n) is 3.97. The highest BCUT2D eigenvalue weighted by molar-refractivity contribution is 7.82. The smallest absolute Gasteiger partial charge is 0.249 e. The van der Waals surface area contributed by atoms with Crippen molar-refractivity contribution in [3.05, 3.63) is 83.7 Å². The van der Waals surface area contributed by atoms with Crippen LogP contribution in [0, 0.1) is 0 Å². The van der Waals surface area contributed by atoms with Crippen LogP contribution in [-0.4, -0.2) is 5.91 Å². The first-order valence-corrected chi connectivity index (χ1v) is 9.27. The van der Waals surface area contributed by atoms with Crippen LogP contribution < -0.4 is 16.3 Å². The van der Waals surface area contributed by atoms with Gasteiger partial charge in [-0.25, -0.2) is 0 Å². The fraction of sp³-hybridized carbons (Fsp3) is 0.105. The number of benzene rings is 2. The third-order valence-corrected chi connectivity index (χ3v) is 7.13. The maximum absolute atomic E-state index is 14.2. The summed E-state index contributed by atoms with van der Waals surface area (Å²) < 4.78 is 14.2. The third kappa shape index (κ3) is 2.80. The molecule has 4 heteroatoms. The van der Waals surface area contributed by atoms with Crippen molar-refractivity contribution in [2.45, 2.75) is 12.8 Å². The fourth-order valence-corrected chi connectivity index (χ4v) is 5.86. The second-order valence-electron chi connectivity index (χ2n) is 5.43. The van der Waals surface area contributed by atoms with Crippen LogP contribution in [0.2, 0.25) is 0 Å². The minimum absolute atomic E-state index is 0.382. The molecule has 3 rings (SSSR count). The molecule has 0 atom stereocenters. The summed E-state index contributed by atoms with van der Waals surface area (Å²) in [6.07, 6.45) is 5.21. The molecule has 116 valence electrons. The van der Waals surface area contributed by atoms with Crippen LogP contribution in [0.5, 0.6) is 0 Å². The van der Waals surface area contributed by atoms with Crippen molar-refractivity contribution in [3.8, 4) is 0 Å². The summed E-state index contributed by atoms with van der Waals surface area (Å²) in [5.74, 6) is -0.525. The summed E-state index contributed by atoms with van der Waals surface area (Å²) in [4.78, 5) is 11.9. The zero-order valence-corrected chi connectivity index (χ0v) is 13.6. The summed E-state index contributed by atoms with van der Waals surface area (Å²) >= 11 is 0. The van der Waals surface area contributed by atoms with E-state index in [1.54, 1.807) is 6.08 Å². The van der Waals surface area contributed by atoms with Gasteiger partial charge in [0.25, 0.3) is 0 Å². The topological polar surface area (TPSA) is 60.2 Å². The minimum atomic E-state index is -3.12. The number of nitrogens with two attached hydrogens (primary N) is 1. The Morgan fingerprint density at radius 1 is 0.826 bits per heavy atom. The standard InChI is InChI=1S/C19H18NO2P/c20-19(21)17-13-7-8-14-18(17)23(22,15-9-3-1-4-10-15)16-11-5-2-6-12-16/h1-6,9-14H,7-8H2,(H2,20,21). The summed E-state index contributed by atoms with van der Waals surface area (Å²) in [6.45, 7) is 0. The molecule has 0 spiro atoms. The van der Waals surface area contributed by atoms with E-state index >= 15 is 0 Å². The number of carbonyl (C=O) groups excluding carboxylic acids is 1. The largest absolute Gasteiger partial charge is 0.366 e. The SMILES string of the molecule is NC(=O)C1=CCCC=C1P(=O)(c1ccccc1)c1ccccc1. The average Bonchev–Trinajstić information content (AvgIpc) is 2.62. The second kappa shape index (κ2) is 6.39. The van der Waals surface area contributed by atoms with Crippen molar-refractivity contribution in [2.24, 2.45) is 5.73 Å². The van der Waals surface area contributed by atoms with Crippen molar-refractivity contribution < 1.29 is 9.36 Å². The van der Waals surface area contributed by atoms with Crippen molar-refractivity contribution in [3.63, 3.8) is 0 Å². The van der Waals surface area contributed by atoms with E-state index in [-0.39, 0.29) is 0 Å². The van der Waals surface area contributed by atoms with Gasteiger partial charge >= 0.3 is 0 Å². The minimum Gasteiger partial charge on any atom is -0.366 e. The lowest BCUT2D eigenvalue weighted by Crippen LogP contribution is -2.24. The van der Waals surface area contributed by atoms with E-state index in [0.29, 0.717) is 21.5 Å². The van der Waals surface area contributed by atoms with Crippen LogP contribution >= 0.6 is 7.14 Å². The Balaban J connectivity index is 2.26. The quantitative estimate of drug-likeness (QED) is 0.879. The monoisotopic (exact) mass is 323 g/mol. The molecule has 1 aliphatic carbocycles.